The summed E-state index contributed by atoms with van der Waals surface area (Å²) in [6.07, 6.45) is 0. The Kier molecular flexibility index (Phi) is 2.91. The van der Waals surface area contributed by atoms with E-state index < -0.39 is 11.8 Å². The number of hydrogen-bond donors (Lipinski definition) is 0. The molecule has 0 aliphatic heterocycles. The van der Waals surface area contributed by atoms with Gasteiger partial charge in [-0.05, 0) is 12.1 Å². The van der Waals surface area contributed by atoms with Gasteiger partial charge in [0.2, 0.25) is 0 Å². The monoisotopic (exact) mass is 204 g/mol. The van der Waals surface area contributed by atoms with Crippen molar-refractivity contribution in [3.8, 4) is 0 Å². The lowest BCUT2D eigenvalue weighted by molar-refractivity contribution is -0.0513. The Bertz CT molecular complexity index is 295. The first-order valence-corrected chi connectivity index (χ1v) is 4.46. The lowest BCUT2D eigenvalue weighted by Crippen LogP contribution is -2.20. The molecule has 1 rings (SSSR count). The molecule has 0 bridgehead atoms. The van der Waals surface area contributed by atoms with E-state index in [1.165, 1.54) is 32.0 Å². The van der Waals surface area contributed by atoms with Crippen LogP contribution >= 0.6 is 11.6 Å². The maximum absolute atomic E-state index is 13.4. The van der Waals surface area contributed by atoms with E-state index in [9.17, 15) is 8.78 Å². The Morgan fingerprint density at radius 3 is 2.38 bits per heavy atom. The molecule has 0 saturated heterocycles. The largest absolute Gasteiger partial charge is 0.275 e. The second-order valence-corrected chi connectivity index (χ2v) is 3.72. The van der Waals surface area contributed by atoms with Crippen LogP contribution in [0.3, 0.4) is 0 Å². The van der Waals surface area contributed by atoms with Gasteiger partial charge in [-0.1, -0.05) is 37.6 Å². The predicted molar refractivity (Wildman–Crippen MR) is 50.2 cm³/mol. The number of alkyl halides is 2. The predicted octanol–water partition coefficient (Wildman–Crippen LogP) is 4.09. The molecule has 0 N–H and O–H groups in total. The van der Waals surface area contributed by atoms with Crippen LogP contribution in [0.1, 0.15) is 19.4 Å². The summed E-state index contributed by atoms with van der Waals surface area (Å²) in [7, 11) is 0. The van der Waals surface area contributed by atoms with E-state index in [4.69, 9.17) is 11.6 Å². The van der Waals surface area contributed by atoms with Gasteiger partial charge < -0.3 is 0 Å². The average molecular weight is 205 g/mol. The van der Waals surface area contributed by atoms with Crippen LogP contribution in [0.25, 0.3) is 0 Å². The first-order chi connectivity index (χ1) is 5.94. The quantitative estimate of drug-likeness (QED) is 0.681. The van der Waals surface area contributed by atoms with Crippen LogP contribution in [0.2, 0.25) is 5.02 Å². The molecule has 0 nitrogen and oxygen atoms in total. The van der Waals surface area contributed by atoms with Crippen LogP contribution in [0, 0.1) is 5.92 Å². The molecule has 3 heteroatoms. The van der Waals surface area contributed by atoms with Gasteiger partial charge in [0.25, 0.3) is 5.92 Å². The third-order valence-electron chi connectivity index (χ3n) is 1.93. The molecule has 0 spiro atoms. The van der Waals surface area contributed by atoms with Crippen molar-refractivity contribution in [1.82, 2.24) is 0 Å². The van der Waals surface area contributed by atoms with E-state index in [1.54, 1.807) is 6.07 Å². The van der Waals surface area contributed by atoms with Crippen molar-refractivity contribution < 1.29 is 8.78 Å². The molecule has 0 radical (unpaired) electrons. The second-order valence-electron chi connectivity index (χ2n) is 3.29. The maximum atomic E-state index is 13.4. The molecule has 0 fully saturated rings. The fourth-order valence-electron chi connectivity index (χ4n) is 1.03. The van der Waals surface area contributed by atoms with E-state index in [1.807, 2.05) is 0 Å². The molecular formula is C10H11ClF2. The van der Waals surface area contributed by atoms with E-state index in [0.717, 1.165) is 0 Å². The Morgan fingerprint density at radius 2 is 1.92 bits per heavy atom. The molecule has 0 aromatic heterocycles. The fourth-order valence-corrected chi connectivity index (χ4v) is 1.22. The Labute approximate surface area is 81.5 Å². The molecule has 0 aliphatic carbocycles. The third-order valence-corrected chi connectivity index (χ3v) is 2.17. The molecule has 1 aromatic carbocycles. The van der Waals surface area contributed by atoms with E-state index in [2.05, 4.69) is 0 Å². The summed E-state index contributed by atoms with van der Waals surface area (Å²) in [6, 6.07) is 5.82. The number of hydrogen-bond acceptors (Lipinski definition) is 0. The minimum Gasteiger partial charge on any atom is -0.201 e. The topological polar surface area (TPSA) is 0 Å². The normalized spacial score (nSPS) is 12.2. The van der Waals surface area contributed by atoms with Gasteiger partial charge in [-0.2, -0.15) is 0 Å². The first kappa shape index (κ1) is 10.5. The second kappa shape index (κ2) is 3.62. The summed E-state index contributed by atoms with van der Waals surface area (Å²) in [5, 5.41) is 0.345. The van der Waals surface area contributed by atoms with Gasteiger partial charge in [-0.3, -0.25) is 0 Å². The van der Waals surface area contributed by atoms with E-state index in [0.29, 0.717) is 5.02 Å². The smallest absolute Gasteiger partial charge is 0.201 e. The molecule has 0 atom stereocenters. The maximum Gasteiger partial charge on any atom is 0.275 e. The minimum absolute atomic E-state index is 0.0185. The van der Waals surface area contributed by atoms with Crippen molar-refractivity contribution in [1.29, 1.82) is 0 Å². The van der Waals surface area contributed by atoms with Crippen molar-refractivity contribution in [2.24, 2.45) is 5.92 Å². The van der Waals surface area contributed by atoms with Gasteiger partial charge in [0.1, 0.15) is 0 Å². The zero-order valence-electron chi connectivity index (χ0n) is 7.52. The summed E-state index contributed by atoms with van der Waals surface area (Å²) in [6.45, 7) is 2.97. The van der Waals surface area contributed by atoms with Crippen LogP contribution in [0.4, 0.5) is 8.78 Å². The standard InChI is InChI=1S/C10H11ClF2/c1-7(2)10(12,13)8-4-3-5-9(11)6-8/h3-7H,1-2H3. The molecular weight excluding hydrogens is 194 g/mol. The van der Waals surface area contributed by atoms with Gasteiger partial charge in [0.05, 0.1) is 0 Å². The first-order valence-electron chi connectivity index (χ1n) is 4.08. The Balaban J connectivity index is 3.07. The van der Waals surface area contributed by atoms with Gasteiger partial charge in [0.15, 0.2) is 0 Å². The highest BCUT2D eigenvalue weighted by molar-refractivity contribution is 6.30. The number of halogens is 3. The van der Waals surface area contributed by atoms with Crippen molar-refractivity contribution in [3.63, 3.8) is 0 Å². The Morgan fingerprint density at radius 1 is 1.31 bits per heavy atom. The van der Waals surface area contributed by atoms with Crippen molar-refractivity contribution >= 4 is 11.6 Å². The summed E-state index contributed by atoms with van der Waals surface area (Å²) < 4.78 is 26.8. The molecule has 72 valence electrons. The molecule has 0 amide bonds. The zero-order chi connectivity index (χ0) is 10.1. The highest BCUT2D eigenvalue weighted by atomic mass is 35.5. The summed E-state index contributed by atoms with van der Waals surface area (Å²) in [5.74, 6) is -3.52. The average Bonchev–Trinajstić information content (AvgIpc) is 2.04. The highest BCUT2D eigenvalue weighted by Crippen LogP contribution is 2.36. The van der Waals surface area contributed by atoms with Crippen molar-refractivity contribution in [3.05, 3.63) is 34.9 Å². The molecule has 13 heavy (non-hydrogen) atoms. The zero-order valence-corrected chi connectivity index (χ0v) is 8.28. The van der Waals surface area contributed by atoms with Crippen LogP contribution < -0.4 is 0 Å². The lowest BCUT2D eigenvalue weighted by Gasteiger charge is -2.20. The fraction of sp³-hybridized carbons (Fsp3) is 0.400. The van der Waals surface area contributed by atoms with Gasteiger partial charge in [-0.15, -0.1) is 0 Å². The SMILES string of the molecule is CC(C)C(F)(F)c1cccc(Cl)c1. The molecule has 0 aliphatic rings. The highest BCUT2D eigenvalue weighted by Gasteiger charge is 2.35. The number of rotatable bonds is 2. The molecule has 0 saturated carbocycles. The summed E-state index contributed by atoms with van der Waals surface area (Å²) in [4.78, 5) is 0. The van der Waals surface area contributed by atoms with Crippen LogP contribution in [-0.2, 0) is 5.92 Å². The lowest BCUT2D eigenvalue weighted by atomic mass is 9.98. The number of benzene rings is 1. The van der Waals surface area contributed by atoms with Crippen LogP contribution in [0.5, 0.6) is 0 Å². The van der Waals surface area contributed by atoms with Gasteiger partial charge in [0, 0.05) is 16.5 Å². The van der Waals surface area contributed by atoms with Crippen molar-refractivity contribution in [2.75, 3.05) is 0 Å². The third kappa shape index (κ3) is 2.19. The van der Waals surface area contributed by atoms with Crippen LogP contribution in [0.15, 0.2) is 24.3 Å². The molecule has 0 heterocycles. The molecule has 1 aromatic rings. The van der Waals surface area contributed by atoms with Crippen LogP contribution in [-0.4, -0.2) is 0 Å². The summed E-state index contributed by atoms with van der Waals surface area (Å²) >= 11 is 5.62. The van der Waals surface area contributed by atoms with Crippen molar-refractivity contribution in [2.45, 2.75) is 19.8 Å². The molecule has 0 unspecified atom stereocenters. The van der Waals surface area contributed by atoms with Gasteiger partial charge >= 0.3 is 0 Å². The van der Waals surface area contributed by atoms with Gasteiger partial charge in [-0.25, -0.2) is 8.78 Å². The Hall–Kier alpha value is -0.630. The summed E-state index contributed by atoms with van der Waals surface area (Å²) in [5.41, 5.74) is -0.0185. The van der Waals surface area contributed by atoms with E-state index >= 15 is 0 Å². The van der Waals surface area contributed by atoms with E-state index in [-0.39, 0.29) is 5.56 Å². The minimum atomic E-state index is -2.80.